The molecule has 4 rings (SSSR count). The van der Waals surface area contributed by atoms with Crippen molar-refractivity contribution in [3.8, 4) is 11.8 Å². The Hall–Kier alpha value is -2.30. The highest BCUT2D eigenvalue weighted by molar-refractivity contribution is 7.15. The molecule has 1 amide bonds. The molecule has 1 unspecified atom stereocenters. The number of thiazole rings is 1. The molecule has 0 spiro atoms. The van der Waals surface area contributed by atoms with Crippen LogP contribution in [0.4, 0.5) is 5.13 Å². The molecule has 29 heavy (non-hydrogen) atoms. The van der Waals surface area contributed by atoms with Crippen molar-refractivity contribution < 1.29 is 19.0 Å². The van der Waals surface area contributed by atoms with Crippen molar-refractivity contribution in [3.63, 3.8) is 0 Å². The molecule has 1 N–H and O–H groups in total. The number of hydrogen-bond acceptors (Lipinski definition) is 9. The maximum Gasteiger partial charge on any atom is 0.223 e. The Bertz CT molecular complexity index is 842. The van der Waals surface area contributed by atoms with E-state index in [-0.39, 0.29) is 18.1 Å². The van der Waals surface area contributed by atoms with Gasteiger partial charge in [0.1, 0.15) is 18.5 Å². The van der Waals surface area contributed by atoms with Gasteiger partial charge >= 0.3 is 0 Å². The van der Waals surface area contributed by atoms with E-state index in [1.807, 2.05) is 6.20 Å². The largest absolute Gasteiger partial charge is 0.473 e. The van der Waals surface area contributed by atoms with Crippen LogP contribution in [-0.4, -0.2) is 63.8 Å². The van der Waals surface area contributed by atoms with Gasteiger partial charge in [0.05, 0.1) is 19.3 Å². The molecule has 2 aromatic heterocycles. The summed E-state index contributed by atoms with van der Waals surface area (Å²) >= 11 is 1.50. The fraction of sp³-hybridized carbons (Fsp3) is 0.579. The number of anilines is 1. The van der Waals surface area contributed by atoms with E-state index in [0.717, 1.165) is 37.4 Å². The zero-order valence-electron chi connectivity index (χ0n) is 16.5. The molecule has 2 fully saturated rings. The summed E-state index contributed by atoms with van der Waals surface area (Å²) in [4.78, 5) is 27.3. The number of rotatable bonds is 7. The van der Waals surface area contributed by atoms with Gasteiger partial charge in [-0.15, -0.1) is 11.3 Å². The lowest BCUT2D eigenvalue weighted by Gasteiger charge is -2.19. The van der Waals surface area contributed by atoms with Gasteiger partial charge in [-0.3, -0.25) is 9.69 Å². The first kappa shape index (κ1) is 20.0. The average Bonchev–Trinajstić information content (AvgIpc) is 3.39. The van der Waals surface area contributed by atoms with E-state index < -0.39 is 0 Å². The van der Waals surface area contributed by atoms with E-state index in [4.69, 9.17) is 14.2 Å². The second kappa shape index (κ2) is 9.02. The highest BCUT2D eigenvalue weighted by Gasteiger charge is 2.31. The van der Waals surface area contributed by atoms with Crippen LogP contribution < -0.4 is 14.8 Å². The van der Waals surface area contributed by atoms with Gasteiger partial charge in [0.25, 0.3) is 0 Å². The van der Waals surface area contributed by atoms with Gasteiger partial charge in [0.15, 0.2) is 5.13 Å². The molecule has 156 valence electrons. The summed E-state index contributed by atoms with van der Waals surface area (Å²) < 4.78 is 17.3. The quantitative estimate of drug-likeness (QED) is 0.729. The molecular weight excluding hydrogens is 394 g/mol. The standard InChI is InChI=1S/C19H25N5O4S/c1-12-5-15(8-24(12)9-16-7-20-19(29-16)23-13(2)25)28-18-6-17(21-11-22-18)27-14-3-4-26-10-14/h6-7,11-12,14-15H,3-5,8-10H2,1-2H3,(H,20,23,25)/t12-,14?,15+/m0/s1. The zero-order chi connectivity index (χ0) is 20.2. The molecule has 2 aromatic rings. The molecule has 4 heterocycles. The molecular formula is C19H25N5O4S. The minimum absolute atomic E-state index is 0.0431. The van der Waals surface area contributed by atoms with E-state index in [1.165, 1.54) is 24.6 Å². The number of nitrogens with one attached hydrogen (secondary N) is 1. The molecule has 2 aliphatic rings. The van der Waals surface area contributed by atoms with Crippen LogP contribution in [0, 0.1) is 0 Å². The Morgan fingerprint density at radius 1 is 1.31 bits per heavy atom. The second-order valence-corrected chi connectivity index (χ2v) is 8.48. The fourth-order valence-electron chi connectivity index (χ4n) is 3.54. The van der Waals surface area contributed by atoms with Gasteiger partial charge < -0.3 is 19.5 Å². The average molecular weight is 420 g/mol. The van der Waals surface area contributed by atoms with Crippen LogP contribution in [0.3, 0.4) is 0 Å². The minimum atomic E-state index is -0.109. The highest BCUT2D eigenvalue weighted by Crippen LogP contribution is 2.27. The second-order valence-electron chi connectivity index (χ2n) is 7.36. The molecule has 0 saturated carbocycles. The minimum Gasteiger partial charge on any atom is -0.473 e. The van der Waals surface area contributed by atoms with Crippen LogP contribution in [0.5, 0.6) is 11.8 Å². The first-order chi connectivity index (χ1) is 14.0. The number of carbonyl (C=O) groups is 1. The van der Waals surface area contributed by atoms with E-state index in [1.54, 1.807) is 6.07 Å². The topological polar surface area (TPSA) is 98.7 Å². The van der Waals surface area contributed by atoms with Crippen LogP contribution >= 0.6 is 11.3 Å². The predicted molar refractivity (Wildman–Crippen MR) is 107 cm³/mol. The third-order valence-electron chi connectivity index (χ3n) is 4.94. The Morgan fingerprint density at radius 2 is 2.10 bits per heavy atom. The maximum atomic E-state index is 11.2. The SMILES string of the molecule is CC(=O)Nc1ncc(CN2C[C@H](Oc3cc(OC4CCOC4)ncn3)C[C@@H]2C)s1. The van der Waals surface area contributed by atoms with Gasteiger partial charge in [-0.1, -0.05) is 0 Å². The van der Waals surface area contributed by atoms with Crippen LogP contribution in [-0.2, 0) is 16.1 Å². The number of nitrogens with zero attached hydrogens (tertiary/aromatic N) is 4. The third kappa shape index (κ3) is 5.40. The number of ether oxygens (including phenoxy) is 3. The molecule has 2 saturated heterocycles. The fourth-order valence-corrected chi connectivity index (χ4v) is 4.42. The van der Waals surface area contributed by atoms with E-state index >= 15 is 0 Å². The molecule has 0 radical (unpaired) electrons. The van der Waals surface area contributed by atoms with E-state index in [2.05, 4.69) is 32.1 Å². The van der Waals surface area contributed by atoms with Crippen molar-refractivity contribution in [1.29, 1.82) is 0 Å². The first-order valence-corrected chi connectivity index (χ1v) is 10.6. The van der Waals surface area contributed by atoms with Crippen molar-refractivity contribution >= 4 is 22.4 Å². The lowest BCUT2D eigenvalue weighted by Crippen LogP contribution is -2.27. The van der Waals surface area contributed by atoms with E-state index in [0.29, 0.717) is 29.5 Å². The van der Waals surface area contributed by atoms with Gasteiger partial charge in [0.2, 0.25) is 17.7 Å². The summed E-state index contributed by atoms with van der Waals surface area (Å²) in [5, 5.41) is 3.36. The number of amides is 1. The van der Waals surface area contributed by atoms with Crippen LogP contribution in [0.2, 0.25) is 0 Å². The smallest absolute Gasteiger partial charge is 0.223 e. The molecule has 10 heteroatoms. The van der Waals surface area contributed by atoms with Gasteiger partial charge in [0, 0.05) is 50.0 Å². The molecule has 0 aliphatic carbocycles. The molecule has 0 bridgehead atoms. The van der Waals surface area contributed by atoms with Crippen molar-refractivity contribution in [2.45, 2.75) is 51.5 Å². The summed E-state index contributed by atoms with van der Waals surface area (Å²) in [5.74, 6) is 0.935. The summed E-state index contributed by atoms with van der Waals surface area (Å²) in [7, 11) is 0. The van der Waals surface area contributed by atoms with Crippen LogP contribution in [0.25, 0.3) is 0 Å². The third-order valence-corrected chi connectivity index (χ3v) is 5.84. The normalized spacial score (nSPS) is 24.6. The number of hydrogen-bond donors (Lipinski definition) is 1. The van der Waals surface area contributed by atoms with Gasteiger partial charge in [-0.05, 0) is 6.92 Å². The number of carbonyl (C=O) groups excluding carboxylic acids is 1. The van der Waals surface area contributed by atoms with Crippen molar-refractivity contribution in [3.05, 3.63) is 23.5 Å². The maximum absolute atomic E-state index is 11.2. The molecule has 3 atom stereocenters. The van der Waals surface area contributed by atoms with Crippen molar-refractivity contribution in [2.75, 3.05) is 25.1 Å². The molecule has 0 aromatic carbocycles. The predicted octanol–water partition coefficient (Wildman–Crippen LogP) is 2.10. The summed E-state index contributed by atoms with van der Waals surface area (Å²) in [6.45, 7) is 6.56. The lowest BCUT2D eigenvalue weighted by atomic mass is 10.2. The van der Waals surface area contributed by atoms with Gasteiger partial charge in [-0.2, -0.15) is 0 Å². The van der Waals surface area contributed by atoms with Gasteiger partial charge in [-0.25, -0.2) is 15.0 Å². The molecule has 9 nitrogen and oxygen atoms in total. The highest BCUT2D eigenvalue weighted by atomic mass is 32.1. The number of likely N-dealkylation sites (tertiary alicyclic amines) is 1. The van der Waals surface area contributed by atoms with Crippen molar-refractivity contribution in [1.82, 2.24) is 19.9 Å². The number of aromatic nitrogens is 3. The van der Waals surface area contributed by atoms with E-state index in [9.17, 15) is 4.79 Å². The Balaban J connectivity index is 1.31. The zero-order valence-corrected chi connectivity index (χ0v) is 17.4. The summed E-state index contributed by atoms with van der Waals surface area (Å²) in [6.07, 6.45) is 5.16. The Morgan fingerprint density at radius 3 is 2.83 bits per heavy atom. The van der Waals surface area contributed by atoms with Crippen molar-refractivity contribution in [2.24, 2.45) is 0 Å². The summed E-state index contributed by atoms with van der Waals surface area (Å²) in [5.41, 5.74) is 0. The van der Waals surface area contributed by atoms with Crippen LogP contribution in [0.15, 0.2) is 18.6 Å². The first-order valence-electron chi connectivity index (χ1n) is 9.74. The Labute approximate surface area is 173 Å². The Kier molecular flexibility index (Phi) is 6.22. The molecule has 2 aliphatic heterocycles. The summed E-state index contributed by atoms with van der Waals surface area (Å²) in [6, 6.07) is 2.12. The monoisotopic (exact) mass is 419 g/mol. The lowest BCUT2D eigenvalue weighted by molar-refractivity contribution is -0.114. The van der Waals surface area contributed by atoms with Crippen LogP contribution in [0.1, 0.15) is 31.6 Å².